The average molecular weight is 544 g/mol. The summed E-state index contributed by atoms with van der Waals surface area (Å²) >= 11 is 0. The maximum atomic E-state index is 14.0. The van der Waals surface area contributed by atoms with Crippen molar-refractivity contribution in [2.45, 2.75) is 31.5 Å². The number of nitrogens with zero attached hydrogens (tertiary/aromatic N) is 2. The lowest BCUT2D eigenvalue weighted by Crippen LogP contribution is -2.47. The predicted octanol–water partition coefficient (Wildman–Crippen LogP) is 4.06. The molecule has 1 fully saturated rings. The van der Waals surface area contributed by atoms with Crippen LogP contribution in [0.5, 0.6) is 5.75 Å². The minimum atomic E-state index is -1.04. The van der Waals surface area contributed by atoms with Gasteiger partial charge in [0.2, 0.25) is 5.43 Å². The summed E-state index contributed by atoms with van der Waals surface area (Å²) in [6, 6.07) is 21.2. The summed E-state index contributed by atoms with van der Waals surface area (Å²) in [7, 11) is 0. The first-order valence-corrected chi connectivity index (χ1v) is 12.6. The van der Waals surface area contributed by atoms with Gasteiger partial charge >= 0.3 is 0 Å². The van der Waals surface area contributed by atoms with Gasteiger partial charge in [0.15, 0.2) is 17.7 Å². The Morgan fingerprint density at radius 3 is 2.33 bits per heavy atom. The number of amides is 2. The van der Waals surface area contributed by atoms with Crippen molar-refractivity contribution in [3.63, 3.8) is 0 Å². The predicted molar refractivity (Wildman–Crippen MR) is 139 cm³/mol. The quantitative estimate of drug-likeness (QED) is 0.396. The molecule has 0 saturated carbocycles. The van der Waals surface area contributed by atoms with Crippen LogP contribution in [0.3, 0.4) is 0 Å². The first kappa shape index (κ1) is 25.4. The van der Waals surface area contributed by atoms with Crippen molar-refractivity contribution in [3.05, 3.63) is 135 Å². The van der Waals surface area contributed by atoms with Crippen molar-refractivity contribution in [2.24, 2.45) is 0 Å². The summed E-state index contributed by atoms with van der Waals surface area (Å²) < 4.78 is 34.9. The van der Waals surface area contributed by atoms with Gasteiger partial charge in [-0.15, -0.1) is 0 Å². The molecule has 2 amide bonds. The van der Waals surface area contributed by atoms with E-state index in [9.17, 15) is 28.3 Å². The number of rotatable bonds is 5. The fourth-order valence-electron chi connectivity index (χ4n) is 5.32. The van der Waals surface area contributed by atoms with Gasteiger partial charge in [0.05, 0.1) is 12.6 Å². The second kappa shape index (κ2) is 10.0. The van der Waals surface area contributed by atoms with Crippen LogP contribution in [0.1, 0.15) is 49.7 Å². The Bertz CT molecular complexity index is 1680. The molecule has 40 heavy (non-hydrogen) atoms. The first-order valence-electron chi connectivity index (χ1n) is 12.6. The van der Waals surface area contributed by atoms with Crippen molar-refractivity contribution >= 4 is 11.8 Å². The molecule has 6 rings (SSSR count). The number of fused-ring (bicyclic) bond motifs is 2. The van der Waals surface area contributed by atoms with Gasteiger partial charge in [0, 0.05) is 24.4 Å². The van der Waals surface area contributed by atoms with Crippen molar-refractivity contribution in [3.8, 4) is 5.75 Å². The second-order valence-electron chi connectivity index (χ2n) is 9.63. The standard InChI is InChI=1S/C30H23F2N3O5/c31-20-12-11-19(22(32)13-20)14-33-29(38)21-15-34-16-23-35(30(39)25(34)27(37)26(21)36)24(17-7-3-1-4-8-17)28(40-23)18-9-5-2-6-10-18/h1-13,15,23-24,28,37H,14,16H2,(H,33,38). The summed E-state index contributed by atoms with van der Waals surface area (Å²) in [6.07, 6.45) is -0.0732. The van der Waals surface area contributed by atoms with Gasteiger partial charge in [-0.25, -0.2) is 8.78 Å². The molecule has 1 aromatic heterocycles. The number of pyridine rings is 1. The fraction of sp³-hybridized carbons (Fsp3) is 0.167. The highest BCUT2D eigenvalue weighted by Gasteiger charge is 2.50. The third kappa shape index (κ3) is 4.32. The number of carbonyl (C=O) groups excluding carboxylic acids is 2. The van der Waals surface area contributed by atoms with Gasteiger partial charge in [-0.3, -0.25) is 19.3 Å². The number of aromatic nitrogens is 1. The van der Waals surface area contributed by atoms with Crippen LogP contribution in [0.15, 0.2) is 89.9 Å². The fourth-order valence-corrected chi connectivity index (χ4v) is 5.32. The smallest absolute Gasteiger partial charge is 0.277 e. The van der Waals surface area contributed by atoms with E-state index in [2.05, 4.69) is 5.32 Å². The van der Waals surface area contributed by atoms with Gasteiger partial charge in [-0.1, -0.05) is 66.7 Å². The SMILES string of the molecule is O=C(NCc1ccc(F)cc1F)c1cn2c(c(O)c1=O)C(=O)N1C(C2)OC(c2ccccc2)C1c1ccccc1. The van der Waals surface area contributed by atoms with Crippen LogP contribution in [0.25, 0.3) is 0 Å². The number of ether oxygens (including phenoxy) is 1. The van der Waals surface area contributed by atoms with Crippen LogP contribution in [-0.2, 0) is 17.8 Å². The van der Waals surface area contributed by atoms with E-state index < -0.39 is 58.6 Å². The zero-order valence-corrected chi connectivity index (χ0v) is 21.0. The number of halogens is 2. The molecule has 3 aromatic carbocycles. The van der Waals surface area contributed by atoms with Gasteiger partial charge in [0.1, 0.15) is 23.3 Å². The van der Waals surface area contributed by atoms with Crippen LogP contribution in [0.4, 0.5) is 8.78 Å². The number of carbonyl (C=O) groups is 2. The topological polar surface area (TPSA) is 101 Å². The molecular formula is C30H23F2N3O5. The number of hydrogen-bond donors (Lipinski definition) is 2. The summed E-state index contributed by atoms with van der Waals surface area (Å²) in [6.45, 7) is -0.267. The Labute approximate surface area is 227 Å². The highest BCUT2D eigenvalue weighted by atomic mass is 19.1. The van der Waals surface area contributed by atoms with Crippen LogP contribution in [0, 0.1) is 11.6 Å². The summed E-state index contributed by atoms with van der Waals surface area (Å²) in [4.78, 5) is 41.3. The molecule has 1 saturated heterocycles. The van der Waals surface area contributed by atoms with E-state index in [-0.39, 0.29) is 24.3 Å². The maximum absolute atomic E-state index is 14.0. The zero-order chi connectivity index (χ0) is 28.0. The summed E-state index contributed by atoms with van der Waals surface area (Å²) in [5.41, 5.74) is -0.0176. The van der Waals surface area contributed by atoms with Gasteiger partial charge < -0.3 is 19.7 Å². The van der Waals surface area contributed by atoms with E-state index >= 15 is 0 Å². The van der Waals surface area contributed by atoms with Crippen LogP contribution < -0.4 is 10.7 Å². The Hall–Kier alpha value is -4.83. The lowest BCUT2D eigenvalue weighted by Gasteiger charge is -2.35. The Morgan fingerprint density at radius 2 is 1.65 bits per heavy atom. The van der Waals surface area contributed by atoms with Gasteiger partial charge in [-0.05, 0) is 17.2 Å². The highest BCUT2D eigenvalue weighted by molar-refractivity contribution is 5.99. The molecule has 0 aliphatic carbocycles. The normalized spacial score (nSPS) is 19.7. The van der Waals surface area contributed by atoms with Crippen molar-refractivity contribution in [1.29, 1.82) is 0 Å². The van der Waals surface area contributed by atoms with E-state index in [1.165, 1.54) is 21.7 Å². The molecule has 202 valence electrons. The molecule has 2 N–H and O–H groups in total. The molecular weight excluding hydrogens is 520 g/mol. The molecule has 3 atom stereocenters. The van der Waals surface area contributed by atoms with Gasteiger partial charge in [-0.2, -0.15) is 0 Å². The third-order valence-electron chi connectivity index (χ3n) is 7.21. The molecule has 0 spiro atoms. The number of nitrogens with one attached hydrogen (secondary N) is 1. The molecule has 2 aliphatic rings. The molecule has 3 unspecified atom stereocenters. The minimum absolute atomic E-state index is 0.0149. The minimum Gasteiger partial charge on any atom is -0.503 e. The number of hydrogen-bond acceptors (Lipinski definition) is 5. The van der Waals surface area contributed by atoms with E-state index in [4.69, 9.17) is 4.74 Å². The van der Waals surface area contributed by atoms with Crippen LogP contribution >= 0.6 is 0 Å². The van der Waals surface area contributed by atoms with Crippen LogP contribution in [0.2, 0.25) is 0 Å². The molecule has 0 bridgehead atoms. The monoisotopic (exact) mass is 543 g/mol. The Balaban J connectivity index is 1.34. The maximum Gasteiger partial charge on any atom is 0.277 e. The number of aromatic hydroxyl groups is 1. The largest absolute Gasteiger partial charge is 0.503 e. The molecule has 4 aromatic rings. The molecule has 2 aliphatic heterocycles. The van der Waals surface area contributed by atoms with Crippen molar-refractivity contribution in [1.82, 2.24) is 14.8 Å². The second-order valence-corrected chi connectivity index (χ2v) is 9.63. The van der Waals surface area contributed by atoms with E-state index in [1.807, 2.05) is 60.7 Å². The molecule has 10 heteroatoms. The summed E-state index contributed by atoms with van der Waals surface area (Å²) in [5.74, 6) is -3.97. The van der Waals surface area contributed by atoms with Gasteiger partial charge in [0.25, 0.3) is 11.8 Å². The zero-order valence-electron chi connectivity index (χ0n) is 21.0. The lowest BCUT2D eigenvalue weighted by atomic mass is 9.94. The van der Waals surface area contributed by atoms with Crippen LogP contribution in [-0.4, -0.2) is 32.6 Å². The first-order chi connectivity index (χ1) is 19.3. The lowest BCUT2D eigenvalue weighted by molar-refractivity contribution is -0.0154. The van der Waals surface area contributed by atoms with E-state index in [0.29, 0.717) is 6.07 Å². The highest BCUT2D eigenvalue weighted by Crippen LogP contribution is 2.47. The number of benzene rings is 3. The average Bonchev–Trinajstić information content (AvgIpc) is 3.35. The Morgan fingerprint density at radius 1 is 0.975 bits per heavy atom. The third-order valence-corrected chi connectivity index (χ3v) is 7.21. The molecule has 3 heterocycles. The van der Waals surface area contributed by atoms with E-state index in [1.54, 1.807) is 0 Å². The van der Waals surface area contributed by atoms with Crippen molar-refractivity contribution < 1.29 is 28.2 Å². The molecule has 0 radical (unpaired) electrons. The summed E-state index contributed by atoms with van der Waals surface area (Å²) in [5, 5.41) is 13.3. The van der Waals surface area contributed by atoms with Crippen molar-refractivity contribution in [2.75, 3.05) is 0 Å². The molecule has 8 nitrogen and oxygen atoms in total. The Kier molecular flexibility index (Phi) is 6.39. The van der Waals surface area contributed by atoms with E-state index in [0.717, 1.165) is 17.2 Å².